The molecule has 0 bridgehead atoms. The molecule has 5 rings (SSSR count). The van der Waals surface area contributed by atoms with Crippen molar-refractivity contribution in [2.75, 3.05) is 45.8 Å². The largest absolute Gasteiger partial charge is 0.489 e. The topological polar surface area (TPSA) is 85.8 Å². The molecule has 2 heterocycles. The number of anilines is 2. The minimum Gasteiger partial charge on any atom is -0.489 e. The molecule has 36 heavy (non-hydrogen) atoms. The van der Waals surface area contributed by atoms with Crippen LogP contribution in [0.4, 0.5) is 11.5 Å². The normalized spacial score (nSPS) is 14.8. The highest BCUT2D eigenvalue weighted by Gasteiger charge is 2.26. The number of hydrogen-bond acceptors (Lipinski definition) is 8. The van der Waals surface area contributed by atoms with Crippen LogP contribution < -0.4 is 19.5 Å². The number of aromatic nitrogens is 2. The van der Waals surface area contributed by atoms with Crippen molar-refractivity contribution in [2.45, 2.75) is 32.1 Å². The van der Waals surface area contributed by atoms with E-state index in [9.17, 15) is 4.79 Å². The predicted molar refractivity (Wildman–Crippen MR) is 140 cm³/mol. The number of rotatable bonds is 11. The number of halogens is 1. The fourth-order valence-corrected chi connectivity index (χ4v) is 4.56. The van der Waals surface area contributed by atoms with Gasteiger partial charge in [-0.15, -0.1) is 0 Å². The smallest absolute Gasteiger partial charge is 0.204 e. The quantitative estimate of drug-likeness (QED) is 0.359. The van der Waals surface area contributed by atoms with Crippen LogP contribution in [0.1, 0.15) is 31.2 Å². The van der Waals surface area contributed by atoms with Crippen molar-refractivity contribution in [1.29, 1.82) is 0 Å². The molecule has 0 radical (unpaired) electrons. The van der Waals surface area contributed by atoms with Gasteiger partial charge < -0.3 is 24.4 Å². The molecule has 2 aliphatic rings. The molecule has 9 heteroatoms. The number of ketones is 1. The zero-order valence-corrected chi connectivity index (χ0v) is 21.4. The van der Waals surface area contributed by atoms with E-state index in [1.54, 1.807) is 0 Å². The Hall–Kier alpha value is -3.10. The van der Waals surface area contributed by atoms with Crippen LogP contribution >= 0.6 is 11.6 Å². The summed E-state index contributed by atoms with van der Waals surface area (Å²) < 4.78 is 18.0. The van der Waals surface area contributed by atoms with Crippen molar-refractivity contribution in [3.63, 3.8) is 0 Å². The summed E-state index contributed by atoms with van der Waals surface area (Å²) in [5.41, 5.74) is 2.28. The molecule has 1 aliphatic carbocycles. The molecule has 0 unspecified atom stereocenters. The highest BCUT2D eigenvalue weighted by atomic mass is 35.5. The lowest BCUT2D eigenvalue weighted by molar-refractivity contribution is -0.118. The first-order chi connectivity index (χ1) is 17.5. The number of nitrogens with one attached hydrogen (secondary N) is 1. The van der Waals surface area contributed by atoms with Gasteiger partial charge in [0.1, 0.15) is 31.1 Å². The number of nitrogens with zero attached hydrogens (tertiary/aromatic N) is 3. The first kappa shape index (κ1) is 24.6. The van der Waals surface area contributed by atoms with Crippen LogP contribution in [0.25, 0.3) is 10.9 Å². The summed E-state index contributed by atoms with van der Waals surface area (Å²) in [6.07, 6.45) is 5.73. The Morgan fingerprint density at radius 1 is 1.17 bits per heavy atom. The van der Waals surface area contributed by atoms with Gasteiger partial charge in [0.25, 0.3) is 0 Å². The maximum atomic E-state index is 12.3. The second-order valence-electron chi connectivity index (χ2n) is 9.65. The zero-order valence-electron chi connectivity index (χ0n) is 20.7. The van der Waals surface area contributed by atoms with Gasteiger partial charge in [-0.1, -0.05) is 17.7 Å². The Morgan fingerprint density at radius 2 is 1.97 bits per heavy atom. The van der Waals surface area contributed by atoms with Crippen molar-refractivity contribution in [3.8, 4) is 17.2 Å². The Balaban J connectivity index is 1.39. The fourth-order valence-electron chi connectivity index (χ4n) is 4.31. The Morgan fingerprint density at radius 3 is 2.72 bits per heavy atom. The summed E-state index contributed by atoms with van der Waals surface area (Å²) in [5.74, 6) is 3.14. The molecule has 8 nitrogen and oxygen atoms in total. The van der Waals surface area contributed by atoms with Crippen molar-refractivity contribution in [3.05, 3.63) is 41.2 Å². The standard InChI is InChI=1S/C27H31ClN4O4/c1-32(2)8-3-9-34-23-15-22-24(26-25(23)35-10-11-36-26)27(30-16-29-22)31-19-7-6-18(21(28)14-19)13-20(33)12-17-4-5-17/h6-7,14-17H,3-5,8-13H2,1-2H3,(H,29,30,31). The van der Waals surface area contributed by atoms with Crippen LogP contribution in [0.5, 0.6) is 17.2 Å². The monoisotopic (exact) mass is 510 g/mol. The third-order valence-corrected chi connectivity index (χ3v) is 6.65. The third-order valence-electron chi connectivity index (χ3n) is 6.30. The SMILES string of the molecule is CN(C)CCCOc1cc2ncnc(Nc3ccc(CC(=O)CC4CC4)c(Cl)c3)c2c2c1OCCO2. The molecule has 1 N–H and O–H groups in total. The van der Waals surface area contributed by atoms with Crippen molar-refractivity contribution >= 4 is 39.8 Å². The minimum atomic E-state index is 0.241. The second-order valence-corrected chi connectivity index (χ2v) is 10.1. The predicted octanol–water partition coefficient (Wildman–Crippen LogP) is 5.04. The van der Waals surface area contributed by atoms with Gasteiger partial charge in [0.15, 0.2) is 11.5 Å². The van der Waals surface area contributed by atoms with Crippen LogP contribution in [0.3, 0.4) is 0 Å². The molecule has 2 aromatic carbocycles. The molecule has 1 saturated carbocycles. The van der Waals surface area contributed by atoms with Crippen LogP contribution in [-0.2, 0) is 11.2 Å². The lowest BCUT2D eigenvalue weighted by Gasteiger charge is -2.23. The van der Waals surface area contributed by atoms with Gasteiger partial charge in [-0.05, 0) is 57.0 Å². The van der Waals surface area contributed by atoms with Gasteiger partial charge in [-0.25, -0.2) is 9.97 Å². The van der Waals surface area contributed by atoms with Gasteiger partial charge in [0.05, 0.1) is 17.5 Å². The first-order valence-electron chi connectivity index (χ1n) is 12.4. The number of fused-ring (bicyclic) bond motifs is 3. The minimum absolute atomic E-state index is 0.241. The lowest BCUT2D eigenvalue weighted by Crippen LogP contribution is -2.18. The molecule has 1 aliphatic heterocycles. The molecule has 3 aromatic rings. The first-order valence-corrected chi connectivity index (χ1v) is 12.8. The Kier molecular flexibility index (Phi) is 7.43. The summed E-state index contributed by atoms with van der Waals surface area (Å²) in [6, 6.07) is 7.49. The maximum Gasteiger partial charge on any atom is 0.204 e. The fraction of sp³-hybridized carbons (Fsp3) is 0.444. The zero-order chi connectivity index (χ0) is 25.1. The van der Waals surface area contributed by atoms with E-state index in [1.165, 1.54) is 6.33 Å². The van der Waals surface area contributed by atoms with E-state index in [2.05, 4.69) is 20.2 Å². The van der Waals surface area contributed by atoms with Gasteiger partial charge in [-0.2, -0.15) is 0 Å². The van der Waals surface area contributed by atoms with Crippen molar-refractivity contribution in [2.24, 2.45) is 5.92 Å². The van der Waals surface area contributed by atoms with Crippen LogP contribution in [-0.4, -0.2) is 61.1 Å². The highest BCUT2D eigenvalue weighted by molar-refractivity contribution is 6.31. The molecule has 190 valence electrons. The van der Waals surface area contributed by atoms with E-state index in [-0.39, 0.29) is 5.78 Å². The molecule has 0 amide bonds. The van der Waals surface area contributed by atoms with Gasteiger partial charge >= 0.3 is 0 Å². The number of Topliss-reactive ketones (excluding diaryl/α,β-unsaturated/α-hetero) is 1. The van der Waals surface area contributed by atoms with E-state index >= 15 is 0 Å². The average molecular weight is 511 g/mol. The number of carbonyl (C=O) groups is 1. The second kappa shape index (κ2) is 10.9. The van der Waals surface area contributed by atoms with Crippen molar-refractivity contribution < 1.29 is 19.0 Å². The maximum absolute atomic E-state index is 12.3. The molecule has 1 aromatic heterocycles. The number of ether oxygens (including phenoxy) is 3. The van der Waals surface area contributed by atoms with Gasteiger partial charge in [0.2, 0.25) is 5.75 Å². The van der Waals surface area contributed by atoms with Crippen LogP contribution in [0.2, 0.25) is 5.02 Å². The van der Waals surface area contributed by atoms with E-state index in [0.717, 1.165) is 37.1 Å². The Bertz CT molecular complexity index is 1260. The summed E-state index contributed by atoms with van der Waals surface area (Å²) in [4.78, 5) is 23.3. The summed E-state index contributed by atoms with van der Waals surface area (Å²) in [5, 5.41) is 4.61. The van der Waals surface area contributed by atoms with Crippen LogP contribution in [0, 0.1) is 5.92 Å². The number of benzene rings is 2. The van der Waals surface area contributed by atoms with Gasteiger partial charge in [0, 0.05) is 36.2 Å². The van der Waals surface area contributed by atoms with E-state index in [4.69, 9.17) is 25.8 Å². The molecule has 0 atom stereocenters. The van der Waals surface area contributed by atoms with Crippen molar-refractivity contribution in [1.82, 2.24) is 14.9 Å². The summed E-state index contributed by atoms with van der Waals surface area (Å²) >= 11 is 6.54. The number of hydrogen-bond donors (Lipinski definition) is 1. The summed E-state index contributed by atoms with van der Waals surface area (Å²) in [7, 11) is 4.07. The molecular weight excluding hydrogens is 480 g/mol. The van der Waals surface area contributed by atoms with E-state index in [0.29, 0.717) is 77.6 Å². The van der Waals surface area contributed by atoms with Crippen LogP contribution in [0.15, 0.2) is 30.6 Å². The molecule has 0 saturated heterocycles. The Labute approximate surface area is 215 Å². The molecular formula is C27H31ClN4O4. The highest BCUT2D eigenvalue weighted by Crippen LogP contribution is 2.47. The number of carbonyl (C=O) groups excluding carboxylic acids is 1. The summed E-state index contributed by atoms with van der Waals surface area (Å²) in [6.45, 7) is 2.36. The molecule has 0 spiro atoms. The van der Waals surface area contributed by atoms with E-state index < -0.39 is 0 Å². The average Bonchev–Trinajstić information content (AvgIpc) is 3.67. The van der Waals surface area contributed by atoms with Gasteiger partial charge in [-0.3, -0.25) is 4.79 Å². The molecule has 1 fully saturated rings. The lowest BCUT2D eigenvalue weighted by atomic mass is 10.0. The van der Waals surface area contributed by atoms with E-state index in [1.807, 2.05) is 38.4 Å². The third kappa shape index (κ3) is 5.82.